The first-order chi connectivity index (χ1) is 10.6. The second-order valence-corrected chi connectivity index (χ2v) is 5.39. The SMILES string of the molecule is COc1ccc2c3ccnc4cc(C(C)O)c(=O)n(c2c1)c43. The number of ether oxygens (including phenoxy) is 1. The molecule has 0 amide bonds. The van der Waals surface area contributed by atoms with E-state index in [1.165, 1.54) is 0 Å². The van der Waals surface area contributed by atoms with Crippen LogP contribution in [0, 0.1) is 0 Å². The highest BCUT2D eigenvalue weighted by atomic mass is 16.5. The minimum Gasteiger partial charge on any atom is -0.497 e. The van der Waals surface area contributed by atoms with Crippen molar-refractivity contribution in [3.63, 3.8) is 0 Å². The maximum absolute atomic E-state index is 12.8. The van der Waals surface area contributed by atoms with Crippen molar-refractivity contribution in [1.29, 1.82) is 0 Å². The topological polar surface area (TPSA) is 63.8 Å². The molecule has 22 heavy (non-hydrogen) atoms. The van der Waals surface area contributed by atoms with Gasteiger partial charge in [-0.05, 0) is 31.2 Å². The molecule has 0 spiro atoms. The molecule has 0 aliphatic carbocycles. The molecule has 4 rings (SSSR count). The number of aliphatic hydroxyl groups is 1. The first kappa shape index (κ1) is 13.0. The predicted octanol–water partition coefficient (Wildman–Crippen LogP) is 2.50. The van der Waals surface area contributed by atoms with Gasteiger partial charge in [0, 0.05) is 28.6 Å². The summed E-state index contributed by atoms with van der Waals surface area (Å²) in [6.45, 7) is 1.58. The predicted molar refractivity (Wildman–Crippen MR) is 84.8 cm³/mol. The molecule has 0 aliphatic heterocycles. The lowest BCUT2D eigenvalue weighted by Crippen LogP contribution is -2.19. The van der Waals surface area contributed by atoms with Gasteiger partial charge in [0.1, 0.15) is 5.75 Å². The van der Waals surface area contributed by atoms with Gasteiger partial charge in [0.25, 0.3) is 5.56 Å². The third-order valence-electron chi connectivity index (χ3n) is 4.10. The molecule has 3 heterocycles. The zero-order chi connectivity index (χ0) is 15.4. The zero-order valence-electron chi connectivity index (χ0n) is 12.2. The van der Waals surface area contributed by atoms with E-state index in [2.05, 4.69) is 4.98 Å². The summed E-state index contributed by atoms with van der Waals surface area (Å²) < 4.78 is 6.89. The van der Waals surface area contributed by atoms with Crippen molar-refractivity contribution in [2.45, 2.75) is 13.0 Å². The smallest absolute Gasteiger partial charge is 0.261 e. The summed E-state index contributed by atoms with van der Waals surface area (Å²) in [5.74, 6) is 0.682. The molecule has 1 unspecified atom stereocenters. The van der Waals surface area contributed by atoms with E-state index in [1.807, 2.05) is 24.3 Å². The monoisotopic (exact) mass is 294 g/mol. The Balaban J connectivity index is 2.34. The van der Waals surface area contributed by atoms with Gasteiger partial charge in [0.2, 0.25) is 0 Å². The molecule has 1 N–H and O–H groups in total. The Morgan fingerprint density at radius 3 is 2.77 bits per heavy atom. The number of benzene rings is 1. The van der Waals surface area contributed by atoms with Crippen LogP contribution in [0.5, 0.6) is 5.75 Å². The molecule has 110 valence electrons. The third kappa shape index (κ3) is 1.57. The maximum Gasteiger partial charge on any atom is 0.261 e. The molecule has 1 aromatic carbocycles. The lowest BCUT2D eigenvalue weighted by Gasteiger charge is -2.07. The molecule has 4 aromatic rings. The Morgan fingerprint density at radius 1 is 1.23 bits per heavy atom. The van der Waals surface area contributed by atoms with E-state index in [1.54, 1.807) is 30.7 Å². The van der Waals surface area contributed by atoms with Crippen LogP contribution in [0.2, 0.25) is 0 Å². The van der Waals surface area contributed by atoms with Gasteiger partial charge in [0.05, 0.1) is 29.8 Å². The average Bonchev–Trinajstić information content (AvgIpc) is 2.86. The van der Waals surface area contributed by atoms with Crippen LogP contribution in [0.15, 0.2) is 41.3 Å². The number of aromatic nitrogens is 2. The van der Waals surface area contributed by atoms with Crippen LogP contribution in [-0.2, 0) is 0 Å². The number of aliphatic hydroxyl groups excluding tert-OH is 1. The van der Waals surface area contributed by atoms with Crippen molar-refractivity contribution >= 4 is 27.3 Å². The van der Waals surface area contributed by atoms with Crippen molar-refractivity contribution in [3.8, 4) is 5.75 Å². The minimum absolute atomic E-state index is 0.219. The van der Waals surface area contributed by atoms with Crippen LogP contribution < -0.4 is 10.3 Å². The first-order valence-electron chi connectivity index (χ1n) is 7.03. The number of rotatable bonds is 2. The van der Waals surface area contributed by atoms with Gasteiger partial charge in [-0.15, -0.1) is 0 Å². The fourth-order valence-corrected chi connectivity index (χ4v) is 3.05. The van der Waals surface area contributed by atoms with Crippen LogP contribution in [0.25, 0.3) is 27.3 Å². The van der Waals surface area contributed by atoms with Crippen molar-refractivity contribution in [3.05, 3.63) is 52.4 Å². The molecule has 0 bridgehead atoms. The minimum atomic E-state index is -0.847. The molecule has 5 nitrogen and oxygen atoms in total. The Kier molecular flexibility index (Phi) is 2.62. The van der Waals surface area contributed by atoms with E-state index in [0.717, 1.165) is 21.8 Å². The van der Waals surface area contributed by atoms with E-state index >= 15 is 0 Å². The summed E-state index contributed by atoms with van der Waals surface area (Å²) >= 11 is 0. The summed E-state index contributed by atoms with van der Waals surface area (Å²) in [6, 6.07) is 9.22. The van der Waals surface area contributed by atoms with Crippen molar-refractivity contribution in [1.82, 2.24) is 9.38 Å². The van der Waals surface area contributed by atoms with Crippen LogP contribution in [-0.4, -0.2) is 21.6 Å². The van der Waals surface area contributed by atoms with Gasteiger partial charge >= 0.3 is 0 Å². The summed E-state index contributed by atoms with van der Waals surface area (Å²) in [5.41, 5.74) is 2.36. The lowest BCUT2D eigenvalue weighted by molar-refractivity contribution is 0.197. The van der Waals surface area contributed by atoms with Crippen molar-refractivity contribution in [2.75, 3.05) is 7.11 Å². The maximum atomic E-state index is 12.8. The molecule has 1 atom stereocenters. The Hall–Kier alpha value is -2.66. The summed E-state index contributed by atoms with van der Waals surface area (Å²) in [6.07, 6.45) is 0.873. The van der Waals surface area contributed by atoms with Crippen molar-refractivity contribution in [2.24, 2.45) is 0 Å². The molecular weight excluding hydrogens is 280 g/mol. The van der Waals surface area contributed by atoms with Gasteiger partial charge in [0.15, 0.2) is 0 Å². The second kappa shape index (κ2) is 4.42. The normalized spacial score (nSPS) is 13.2. The number of hydrogen-bond donors (Lipinski definition) is 1. The number of pyridine rings is 2. The van der Waals surface area contributed by atoms with Crippen LogP contribution in [0.4, 0.5) is 0 Å². The lowest BCUT2D eigenvalue weighted by atomic mass is 10.1. The molecule has 0 saturated heterocycles. The highest BCUT2D eigenvalue weighted by Gasteiger charge is 2.18. The fourth-order valence-electron chi connectivity index (χ4n) is 3.05. The third-order valence-corrected chi connectivity index (χ3v) is 4.10. The highest BCUT2D eigenvalue weighted by Crippen LogP contribution is 2.32. The summed E-state index contributed by atoms with van der Waals surface area (Å²) in [5, 5.41) is 11.8. The first-order valence-corrected chi connectivity index (χ1v) is 7.03. The van der Waals surface area contributed by atoms with Gasteiger partial charge in [-0.2, -0.15) is 0 Å². The average molecular weight is 294 g/mol. The zero-order valence-corrected chi connectivity index (χ0v) is 12.2. The standard InChI is InChI=1S/C17H14N2O3/c1-9(20)13-8-14-16-12(5-6-18-14)11-4-3-10(22-2)7-15(11)19(16)17(13)21/h3-9,20H,1-2H3. The second-order valence-electron chi connectivity index (χ2n) is 5.39. The fraction of sp³-hybridized carbons (Fsp3) is 0.176. The summed E-state index contributed by atoms with van der Waals surface area (Å²) in [7, 11) is 1.59. The van der Waals surface area contributed by atoms with Crippen LogP contribution in [0.1, 0.15) is 18.6 Å². The Bertz CT molecular complexity index is 1070. The van der Waals surface area contributed by atoms with Gasteiger partial charge in [-0.1, -0.05) is 0 Å². The van der Waals surface area contributed by atoms with E-state index in [-0.39, 0.29) is 5.56 Å². The molecule has 5 heteroatoms. The summed E-state index contributed by atoms with van der Waals surface area (Å²) in [4.78, 5) is 17.1. The number of nitrogens with zero attached hydrogens (tertiary/aromatic N) is 2. The Labute approximate surface area is 125 Å². The van der Waals surface area contributed by atoms with E-state index in [9.17, 15) is 9.90 Å². The molecule has 0 saturated carbocycles. The number of fused-ring (bicyclic) bond motifs is 3. The highest BCUT2D eigenvalue weighted by molar-refractivity contribution is 6.13. The van der Waals surface area contributed by atoms with Crippen molar-refractivity contribution < 1.29 is 9.84 Å². The van der Waals surface area contributed by atoms with E-state index in [0.29, 0.717) is 16.8 Å². The van der Waals surface area contributed by atoms with Crippen LogP contribution in [0.3, 0.4) is 0 Å². The van der Waals surface area contributed by atoms with Gasteiger partial charge < -0.3 is 9.84 Å². The molecular formula is C17H14N2O3. The largest absolute Gasteiger partial charge is 0.497 e. The van der Waals surface area contributed by atoms with E-state index < -0.39 is 6.10 Å². The quantitative estimate of drug-likeness (QED) is 0.617. The number of methoxy groups -OCH3 is 1. The molecule has 0 fully saturated rings. The van der Waals surface area contributed by atoms with E-state index in [4.69, 9.17) is 4.74 Å². The number of hydrogen-bond acceptors (Lipinski definition) is 4. The molecule has 0 aliphatic rings. The molecule has 3 aromatic heterocycles. The van der Waals surface area contributed by atoms with Crippen LogP contribution >= 0.6 is 0 Å². The van der Waals surface area contributed by atoms with Gasteiger partial charge in [-0.3, -0.25) is 14.2 Å². The Morgan fingerprint density at radius 2 is 2.05 bits per heavy atom. The molecule has 0 radical (unpaired) electrons. The van der Waals surface area contributed by atoms with Gasteiger partial charge in [-0.25, -0.2) is 0 Å².